The topological polar surface area (TPSA) is 46.5 Å². The first-order chi connectivity index (χ1) is 8.10. The summed E-state index contributed by atoms with van der Waals surface area (Å²) in [7, 11) is 1.39. The van der Waals surface area contributed by atoms with Gasteiger partial charge in [-0.2, -0.15) is 0 Å². The SMILES string of the molecule is COC(=O)c1ccc(CC2(CO)CC2)cc1C. The molecule has 1 N–H and O–H groups in total. The van der Waals surface area contributed by atoms with Crippen LogP contribution >= 0.6 is 0 Å². The second kappa shape index (κ2) is 4.49. The van der Waals surface area contributed by atoms with Gasteiger partial charge in [-0.3, -0.25) is 0 Å². The molecule has 1 aromatic carbocycles. The van der Waals surface area contributed by atoms with Crippen molar-refractivity contribution >= 4 is 5.97 Å². The molecule has 0 atom stereocenters. The maximum atomic E-state index is 11.4. The molecular formula is C14H18O3. The normalized spacial score (nSPS) is 16.6. The van der Waals surface area contributed by atoms with E-state index in [2.05, 4.69) is 0 Å². The highest BCUT2D eigenvalue weighted by atomic mass is 16.5. The van der Waals surface area contributed by atoms with Gasteiger partial charge in [0.25, 0.3) is 0 Å². The zero-order valence-electron chi connectivity index (χ0n) is 10.3. The Hall–Kier alpha value is -1.35. The summed E-state index contributed by atoms with van der Waals surface area (Å²) < 4.78 is 4.71. The van der Waals surface area contributed by atoms with Gasteiger partial charge in [0.05, 0.1) is 12.7 Å². The molecule has 17 heavy (non-hydrogen) atoms. The lowest BCUT2D eigenvalue weighted by molar-refractivity contribution is 0.0600. The predicted molar refractivity (Wildman–Crippen MR) is 65.0 cm³/mol. The minimum Gasteiger partial charge on any atom is -0.465 e. The van der Waals surface area contributed by atoms with Crippen molar-refractivity contribution in [1.82, 2.24) is 0 Å². The number of rotatable bonds is 4. The number of ether oxygens (including phenoxy) is 1. The van der Waals surface area contributed by atoms with Crippen LogP contribution in [0.25, 0.3) is 0 Å². The quantitative estimate of drug-likeness (QED) is 0.811. The van der Waals surface area contributed by atoms with Crippen molar-refractivity contribution < 1.29 is 14.6 Å². The molecule has 0 bridgehead atoms. The van der Waals surface area contributed by atoms with Crippen LogP contribution in [0.4, 0.5) is 0 Å². The van der Waals surface area contributed by atoms with Crippen molar-refractivity contribution in [1.29, 1.82) is 0 Å². The summed E-state index contributed by atoms with van der Waals surface area (Å²) in [5.74, 6) is -0.294. The summed E-state index contributed by atoms with van der Waals surface area (Å²) in [4.78, 5) is 11.4. The van der Waals surface area contributed by atoms with Gasteiger partial charge in [-0.05, 0) is 48.8 Å². The summed E-state index contributed by atoms with van der Waals surface area (Å²) in [5.41, 5.74) is 2.84. The highest BCUT2D eigenvalue weighted by molar-refractivity contribution is 5.90. The van der Waals surface area contributed by atoms with Gasteiger partial charge in [0.15, 0.2) is 0 Å². The van der Waals surface area contributed by atoms with Gasteiger partial charge in [-0.1, -0.05) is 12.1 Å². The molecule has 1 fully saturated rings. The fourth-order valence-electron chi connectivity index (χ4n) is 2.18. The maximum Gasteiger partial charge on any atom is 0.338 e. The van der Waals surface area contributed by atoms with E-state index in [0.717, 1.165) is 24.8 Å². The first kappa shape index (κ1) is 12.1. The van der Waals surface area contributed by atoms with E-state index in [4.69, 9.17) is 4.74 Å². The molecule has 0 unspecified atom stereocenters. The molecule has 0 aliphatic heterocycles. The van der Waals surface area contributed by atoms with Gasteiger partial charge in [-0.25, -0.2) is 4.79 Å². The van der Waals surface area contributed by atoms with Crippen LogP contribution in [-0.2, 0) is 11.2 Å². The molecule has 0 heterocycles. The van der Waals surface area contributed by atoms with Crippen LogP contribution < -0.4 is 0 Å². The molecule has 1 aliphatic rings. The molecular weight excluding hydrogens is 216 g/mol. The Labute approximate surface area is 101 Å². The van der Waals surface area contributed by atoms with E-state index in [9.17, 15) is 9.90 Å². The van der Waals surface area contributed by atoms with E-state index < -0.39 is 0 Å². The van der Waals surface area contributed by atoms with Gasteiger partial charge in [0.1, 0.15) is 0 Å². The molecule has 3 nitrogen and oxygen atoms in total. The summed E-state index contributed by atoms with van der Waals surface area (Å²) in [6.07, 6.45) is 3.09. The van der Waals surface area contributed by atoms with Crippen molar-refractivity contribution in [3.8, 4) is 0 Å². The van der Waals surface area contributed by atoms with Crippen LogP contribution in [0.1, 0.15) is 34.3 Å². The predicted octanol–water partition coefficient (Wildman–Crippen LogP) is 2.10. The molecule has 0 spiro atoms. The summed E-state index contributed by atoms with van der Waals surface area (Å²) in [6.45, 7) is 2.17. The number of carbonyl (C=O) groups excluding carboxylic acids is 1. The Balaban J connectivity index is 2.16. The smallest absolute Gasteiger partial charge is 0.338 e. The second-order valence-corrected chi connectivity index (χ2v) is 4.98. The van der Waals surface area contributed by atoms with Crippen LogP contribution in [0.2, 0.25) is 0 Å². The van der Waals surface area contributed by atoms with Crippen LogP contribution in [0.15, 0.2) is 18.2 Å². The average molecular weight is 234 g/mol. The van der Waals surface area contributed by atoms with Gasteiger partial charge >= 0.3 is 5.97 Å². The Morgan fingerprint density at radius 3 is 2.65 bits per heavy atom. The Kier molecular flexibility index (Phi) is 3.20. The standard InChI is InChI=1S/C14H18O3/c1-10-7-11(8-14(9-15)5-6-14)3-4-12(10)13(16)17-2/h3-4,7,15H,5-6,8-9H2,1-2H3. The number of aryl methyl sites for hydroxylation is 1. The van der Waals surface area contributed by atoms with Crippen LogP contribution in [0.3, 0.4) is 0 Å². The molecule has 0 amide bonds. The van der Waals surface area contributed by atoms with Gasteiger partial charge < -0.3 is 9.84 Å². The molecule has 2 rings (SSSR count). The van der Waals surface area contributed by atoms with Crippen molar-refractivity contribution in [2.75, 3.05) is 13.7 Å². The third kappa shape index (κ3) is 2.50. The van der Waals surface area contributed by atoms with Crippen molar-refractivity contribution in [2.45, 2.75) is 26.2 Å². The van der Waals surface area contributed by atoms with Gasteiger partial charge in [0.2, 0.25) is 0 Å². The number of hydrogen-bond acceptors (Lipinski definition) is 3. The van der Waals surface area contributed by atoms with E-state index in [1.807, 2.05) is 25.1 Å². The van der Waals surface area contributed by atoms with Crippen molar-refractivity contribution in [2.24, 2.45) is 5.41 Å². The number of benzene rings is 1. The zero-order valence-corrected chi connectivity index (χ0v) is 10.3. The molecule has 0 radical (unpaired) electrons. The number of aliphatic hydroxyl groups is 1. The third-order valence-corrected chi connectivity index (χ3v) is 3.57. The third-order valence-electron chi connectivity index (χ3n) is 3.57. The Bertz CT molecular complexity index is 433. The molecule has 1 aromatic rings. The summed E-state index contributed by atoms with van der Waals surface area (Å²) in [6, 6.07) is 5.78. The van der Waals surface area contributed by atoms with E-state index in [1.165, 1.54) is 12.7 Å². The fraction of sp³-hybridized carbons (Fsp3) is 0.500. The molecule has 1 aliphatic carbocycles. The first-order valence-corrected chi connectivity index (χ1v) is 5.89. The molecule has 3 heteroatoms. The minimum absolute atomic E-state index is 0.110. The lowest BCUT2D eigenvalue weighted by atomic mass is 9.95. The maximum absolute atomic E-state index is 11.4. The van der Waals surface area contributed by atoms with Crippen LogP contribution in [0.5, 0.6) is 0 Å². The van der Waals surface area contributed by atoms with Crippen molar-refractivity contribution in [3.05, 3.63) is 34.9 Å². The number of carbonyl (C=O) groups is 1. The monoisotopic (exact) mass is 234 g/mol. The fourth-order valence-corrected chi connectivity index (χ4v) is 2.18. The molecule has 0 saturated heterocycles. The summed E-state index contributed by atoms with van der Waals surface area (Å²) in [5, 5.41) is 9.29. The Morgan fingerprint density at radius 1 is 1.47 bits per heavy atom. The molecule has 92 valence electrons. The Morgan fingerprint density at radius 2 is 2.18 bits per heavy atom. The first-order valence-electron chi connectivity index (χ1n) is 5.89. The van der Waals surface area contributed by atoms with E-state index in [0.29, 0.717) is 5.56 Å². The highest BCUT2D eigenvalue weighted by Crippen LogP contribution is 2.47. The van der Waals surface area contributed by atoms with Crippen LogP contribution in [-0.4, -0.2) is 24.8 Å². The van der Waals surface area contributed by atoms with E-state index >= 15 is 0 Å². The zero-order chi connectivity index (χ0) is 12.5. The molecule has 1 saturated carbocycles. The highest BCUT2D eigenvalue weighted by Gasteiger charge is 2.41. The van der Waals surface area contributed by atoms with Gasteiger partial charge in [0, 0.05) is 6.61 Å². The number of esters is 1. The van der Waals surface area contributed by atoms with Crippen LogP contribution in [0, 0.1) is 12.3 Å². The number of methoxy groups -OCH3 is 1. The summed E-state index contributed by atoms with van der Waals surface area (Å²) >= 11 is 0. The van der Waals surface area contributed by atoms with E-state index in [-0.39, 0.29) is 18.0 Å². The lowest BCUT2D eigenvalue weighted by Gasteiger charge is -2.13. The molecule has 0 aromatic heterocycles. The van der Waals surface area contributed by atoms with Gasteiger partial charge in [-0.15, -0.1) is 0 Å². The average Bonchev–Trinajstić information content (AvgIpc) is 3.09. The lowest BCUT2D eigenvalue weighted by Crippen LogP contribution is -2.11. The largest absolute Gasteiger partial charge is 0.465 e. The number of hydrogen-bond donors (Lipinski definition) is 1. The van der Waals surface area contributed by atoms with Crippen molar-refractivity contribution in [3.63, 3.8) is 0 Å². The van der Waals surface area contributed by atoms with E-state index in [1.54, 1.807) is 0 Å². The number of aliphatic hydroxyl groups excluding tert-OH is 1. The minimum atomic E-state index is -0.294. The second-order valence-electron chi connectivity index (χ2n) is 4.98.